The zero-order valence-corrected chi connectivity index (χ0v) is 11.6. The molecule has 0 saturated heterocycles. The smallest absolute Gasteiger partial charge is 0.394 e. The van der Waals surface area contributed by atoms with E-state index in [0.717, 1.165) is 11.1 Å². The van der Waals surface area contributed by atoms with Gasteiger partial charge in [0.2, 0.25) is 0 Å². The van der Waals surface area contributed by atoms with Gasteiger partial charge in [-0.25, -0.2) is 4.79 Å². The second-order valence-corrected chi connectivity index (χ2v) is 5.26. The number of methoxy groups -OCH3 is 1. The minimum absolute atomic E-state index is 0.0299. The summed E-state index contributed by atoms with van der Waals surface area (Å²) in [6.07, 6.45) is 0. The van der Waals surface area contributed by atoms with E-state index in [2.05, 4.69) is 26.1 Å². The van der Waals surface area contributed by atoms with E-state index >= 15 is 0 Å². The van der Waals surface area contributed by atoms with Gasteiger partial charge in [0.25, 0.3) is 0 Å². The molecule has 0 aromatic heterocycles. The molecule has 0 atom stereocenters. The largest absolute Gasteiger partial charge is 0.496 e. The standard InChI is InChI=1S/C14H19NO4/c1-14(2,3)10-5-6-11(19-4)9(7-10)8-15-12(16)13(17)18/h5-7H,8H2,1-4H3,(H,15,16)(H,17,18). The molecule has 0 aliphatic heterocycles. The SMILES string of the molecule is COc1ccc(C(C)(C)C)cc1CNC(=O)C(=O)O. The zero-order chi connectivity index (χ0) is 14.6. The van der Waals surface area contributed by atoms with E-state index in [9.17, 15) is 9.59 Å². The van der Waals surface area contributed by atoms with Crippen LogP contribution in [0.5, 0.6) is 5.75 Å². The maximum Gasteiger partial charge on any atom is 0.394 e. The molecule has 2 N–H and O–H groups in total. The van der Waals surface area contributed by atoms with Gasteiger partial charge in [0.15, 0.2) is 0 Å². The lowest BCUT2D eigenvalue weighted by molar-refractivity contribution is -0.150. The molecule has 0 bridgehead atoms. The summed E-state index contributed by atoms with van der Waals surface area (Å²) in [6, 6.07) is 5.70. The van der Waals surface area contributed by atoms with Crippen LogP contribution in [-0.2, 0) is 21.5 Å². The number of carboxylic acid groups (broad SMARTS) is 1. The van der Waals surface area contributed by atoms with Crippen molar-refractivity contribution in [1.29, 1.82) is 0 Å². The summed E-state index contributed by atoms with van der Waals surface area (Å²) in [6.45, 7) is 6.36. The Kier molecular flexibility index (Phi) is 4.53. The molecule has 0 spiro atoms. The number of hydrogen-bond acceptors (Lipinski definition) is 3. The number of carbonyl (C=O) groups is 2. The van der Waals surface area contributed by atoms with Crippen molar-refractivity contribution in [3.63, 3.8) is 0 Å². The van der Waals surface area contributed by atoms with Gasteiger partial charge in [0.05, 0.1) is 7.11 Å². The van der Waals surface area contributed by atoms with E-state index in [-0.39, 0.29) is 12.0 Å². The molecule has 0 heterocycles. The Morgan fingerprint density at radius 2 is 1.95 bits per heavy atom. The fraction of sp³-hybridized carbons (Fsp3) is 0.429. The summed E-state index contributed by atoms with van der Waals surface area (Å²) >= 11 is 0. The molecule has 5 nitrogen and oxygen atoms in total. The third-order valence-electron chi connectivity index (χ3n) is 2.78. The van der Waals surface area contributed by atoms with Gasteiger partial charge in [-0.3, -0.25) is 4.79 Å². The lowest BCUT2D eigenvalue weighted by Gasteiger charge is -2.21. The Morgan fingerprint density at radius 3 is 2.42 bits per heavy atom. The summed E-state index contributed by atoms with van der Waals surface area (Å²) in [5.41, 5.74) is 1.81. The highest BCUT2D eigenvalue weighted by Crippen LogP contribution is 2.27. The second-order valence-electron chi connectivity index (χ2n) is 5.26. The molecule has 1 amide bonds. The third kappa shape index (κ3) is 3.98. The van der Waals surface area contributed by atoms with E-state index in [1.807, 2.05) is 18.2 Å². The molecule has 104 valence electrons. The number of carbonyl (C=O) groups excluding carboxylic acids is 1. The molecular weight excluding hydrogens is 246 g/mol. The summed E-state index contributed by atoms with van der Waals surface area (Å²) in [4.78, 5) is 21.5. The van der Waals surface area contributed by atoms with E-state index in [1.54, 1.807) is 0 Å². The summed E-state index contributed by atoms with van der Waals surface area (Å²) in [5.74, 6) is -1.90. The molecule has 1 aromatic rings. The molecule has 1 aromatic carbocycles. The van der Waals surface area contributed by atoms with Crippen molar-refractivity contribution in [2.75, 3.05) is 7.11 Å². The molecule has 0 radical (unpaired) electrons. The van der Waals surface area contributed by atoms with Crippen LogP contribution in [0.15, 0.2) is 18.2 Å². The van der Waals surface area contributed by atoms with Crippen LogP contribution in [0.2, 0.25) is 0 Å². The predicted octanol–water partition coefficient (Wildman–Crippen LogP) is 1.69. The molecule has 0 saturated carbocycles. The minimum atomic E-state index is -1.49. The Hall–Kier alpha value is -2.04. The number of amides is 1. The maximum atomic E-state index is 11.0. The first-order chi connectivity index (χ1) is 8.75. The van der Waals surface area contributed by atoms with Crippen molar-refractivity contribution in [3.8, 4) is 5.75 Å². The molecule has 0 aliphatic rings. The number of ether oxygens (including phenoxy) is 1. The van der Waals surface area contributed by atoms with Crippen LogP contribution in [-0.4, -0.2) is 24.1 Å². The van der Waals surface area contributed by atoms with E-state index in [0.29, 0.717) is 5.75 Å². The second kappa shape index (κ2) is 5.73. The van der Waals surface area contributed by atoms with Crippen LogP contribution in [0.25, 0.3) is 0 Å². The predicted molar refractivity (Wildman–Crippen MR) is 71.2 cm³/mol. The number of aliphatic carboxylic acids is 1. The fourth-order valence-corrected chi connectivity index (χ4v) is 1.63. The molecule has 0 fully saturated rings. The summed E-state index contributed by atoms with van der Waals surface area (Å²) in [7, 11) is 1.54. The van der Waals surface area contributed by atoms with Crippen LogP contribution < -0.4 is 10.1 Å². The van der Waals surface area contributed by atoms with Crippen molar-refractivity contribution < 1.29 is 19.4 Å². The highest BCUT2D eigenvalue weighted by Gasteiger charge is 2.17. The quantitative estimate of drug-likeness (QED) is 0.815. The Balaban J connectivity index is 2.97. The number of carboxylic acids is 1. The zero-order valence-electron chi connectivity index (χ0n) is 11.6. The number of nitrogens with one attached hydrogen (secondary N) is 1. The molecule has 0 unspecified atom stereocenters. The van der Waals surface area contributed by atoms with Gasteiger partial charge in [0.1, 0.15) is 5.75 Å². The van der Waals surface area contributed by atoms with E-state index in [4.69, 9.17) is 9.84 Å². The maximum absolute atomic E-state index is 11.0. The van der Waals surface area contributed by atoms with Crippen LogP contribution in [0, 0.1) is 0 Å². The van der Waals surface area contributed by atoms with Crippen LogP contribution in [0.3, 0.4) is 0 Å². The fourth-order valence-electron chi connectivity index (χ4n) is 1.63. The van der Waals surface area contributed by atoms with Gasteiger partial charge in [-0.2, -0.15) is 0 Å². The molecule has 5 heteroatoms. The Bertz CT molecular complexity index is 489. The average molecular weight is 265 g/mol. The van der Waals surface area contributed by atoms with Crippen molar-refractivity contribution in [2.24, 2.45) is 0 Å². The molecule has 19 heavy (non-hydrogen) atoms. The number of benzene rings is 1. The summed E-state index contributed by atoms with van der Waals surface area (Å²) < 4.78 is 5.21. The van der Waals surface area contributed by atoms with Crippen molar-refractivity contribution in [1.82, 2.24) is 5.32 Å². The molecule has 1 rings (SSSR count). The van der Waals surface area contributed by atoms with Gasteiger partial charge in [-0.1, -0.05) is 26.8 Å². The van der Waals surface area contributed by atoms with Crippen molar-refractivity contribution in [3.05, 3.63) is 29.3 Å². The lowest BCUT2D eigenvalue weighted by Crippen LogP contribution is -2.30. The highest BCUT2D eigenvalue weighted by atomic mass is 16.5. The monoisotopic (exact) mass is 265 g/mol. The van der Waals surface area contributed by atoms with Crippen LogP contribution in [0.4, 0.5) is 0 Å². The van der Waals surface area contributed by atoms with Gasteiger partial charge in [0, 0.05) is 12.1 Å². The topological polar surface area (TPSA) is 75.6 Å². The molecule has 0 aliphatic carbocycles. The average Bonchev–Trinajstić information content (AvgIpc) is 2.34. The van der Waals surface area contributed by atoms with Crippen molar-refractivity contribution in [2.45, 2.75) is 32.7 Å². The molecular formula is C14H19NO4. The van der Waals surface area contributed by atoms with E-state index < -0.39 is 11.9 Å². The lowest BCUT2D eigenvalue weighted by atomic mass is 9.86. The third-order valence-corrected chi connectivity index (χ3v) is 2.78. The van der Waals surface area contributed by atoms with Crippen molar-refractivity contribution >= 4 is 11.9 Å². The Labute approximate surface area is 112 Å². The van der Waals surface area contributed by atoms with Crippen LogP contribution >= 0.6 is 0 Å². The van der Waals surface area contributed by atoms with Gasteiger partial charge < -0.3 is 15.2 Å². The number of hydrogen-bond donors (Lipinski definition) is 2. The van der Waals surface area contributed by atoms with E-state index in [1.165, 1.54) is 7.11 Å². The van der Waals surface area contributed by atoms with Gasteiger partial charge >= 0.3 is 11.9 Å². The summed E-state index contributed by atoms with van der Waals surface area (Å²) in [5, 5.41) is 10.9. The van der Waals surface area contributed by atoms with Crippen LogP contribution in [0.1, 0.15) is 31.9 Å². The first-order valence-electron chi connectivity index (χ1n) is 5.94. The minimum Gasteiger partial charge on any atom is -0.496 e. The first-order valence-corrected chi connectivity index (χ1v) is 5.94. The van der Waals surface area contributed by atoms with Gasteiger partial charge in [-0.05, 0) is 23.1 Å². The normalized spacial score (nSPS) is 10.9. The highest BCUT2D eigenvalue weighted by molar-refractivity contribution is 6.31. The van der Waals surface area contributed by atoms with Gasteiger partial charge in [-0.15, -0.1) is 0 Å². The first kappa shape index (κ1) is 15.0. The number of rotatable bonds is 3. The Morgan fingerprint density at radius 1 is 1.32 bits per heavy atom.